The molecule has 5 heteroatoms. The molecule has 0 amide bonds. The number of halogens is 2. The number of esters is 1. The van der Waals surface area contributed by atoms with Crippen LogP contribution in [0.2, 0.25) is 0 Å². The van der Waals surface area contributed by atoms with Crippen molar-refractivity contribution in [1.82, 2.24) is 0 Å². The molecule has 3 nitrogen and oxygen atoms in total. The molecule has 0 saturated heterocycles. The summed E-state index contributed by atoms with van der Waals surface area (Å²) in [6, 6.07) is 1.73. The normalized spacial score (nSPS) is 10.7. The quantitative estimate of drug-likeness (QED) is 0.739. The SMILES string of the molecule is CCOC(=O)c1coc2c(F)cc(F)cc12. The van der Waals surface area contributed by atoms with Crippen LogP contribution >= 0.6 is 0 Å². The predicted molar refractivity (Wildman–Crippen MR) is 52.1 cm³/mol. The molecule has 0 unspecified atom stereocenters. The van der Waals surface area contributed by atoms with Crippen LogP contribution in [-0.4, -0.2) is 12.6 Å². The Balaban J connectivity index is 2.60. The first-order chi connectivity index (χ1) is 7.63. The van der Waals surface area contributed by atoms with Crippen molar-refractivity contribution in [1.29, 1.82) is 0 Å². The van der Waals surface area contributed by atoms with E-state index in [-0.39, 0.29) is 23.1 Å². The molecule has 0 N–H and O–H groups in total. The first-order valence-electron chi connectivity index (χ1n) is 4.67. The molecule has 0 fully saturated rings. The molecule has 1 aromatic heterocycles. The van der Waals surface area contributed by atoms with Gasteiger partial charge in [-0.25, -0.2) is 13.6 Å². The lowest BCUT2D eigenvalue weighted by Gasteiger charge is -1.98. The standard InChI is InChI=1S/C11H8F2O3/c1-2-15-11(14)8-5-16-10-7(8)3-6(12)4-9(10)13/h3-5H,2H2,1H3. The van der Waals surface area contributed by atoms with Crippen LogP contribution < -0.4 is 0 Å². The minimum atomic E-state index is -0.842. The Hall–Kier alpha value is -1.91. The van der Waals surface area contributed by atoms with Crippen LogP contribution in [0.5, 0.6) is 0 Å². The molecule has 0 aliphatic rings. The van der Waals surface area contributed by atoms with Gasteiger partial charge in [-0.1, -0.05) is 0 Å². The lowest BCUT2D eigenvalue weighted by atomic mass is 10.1. The highest BCUT2D eigenvalue weighted by Gasteiger charge is 2.18. The van der Waals surface area contributed by atoms with E-state index in [0.717, 1.165) is 12.3 Å². The summed E-state index contributed by atoms with van der Waals surface area (Å²) in [5.41, 5.74) is -0.125. The van der Waals surface area contributed by atoms with Gasteiger partial charge in [-0.3, -0.25) is 0 Å². The Labute approximate surface area is 89.6 Å². The van der Waals surface area contributed by atoms with E-state index in [4.69, 9.17) is 9.15 Å². The maximum atomic E-state index is 13.2. The van der Waals surface area contributed by atoms with Gasteiger partial charge >= 0.3 is 5.97 Å². The highest BCUT2D eigenvalue weighted by molar-refractivity contribution is 6.03. The number of carbonyl (C=O) groups excluding carboxylic acids is 1. The molecule has 84 valence electrons. The van der Waals surface area contributed by atoms with Crippen LogP contribution in [0, 0.1) is 11.6 Å². The van der Waals surface area contributed by atoms with Crippen molar-refractivity contribution >= 4 is 16.9 Å². The van der Waals surface area contributed by atoms with E-state index < -0.39 is 17.6 Å². The molecule has 0 aliphatic carbocycles. The fourth-order valence-corrected chi connectivity index (χ4v) is 1.43. The van der Waals surface area contributed by atoms with Gasteiger partial charge in [0.1, 0.15) is 17.6 Å². The van der Waals surface area contributed by atoms with Gasteiger partial charge in [-0.15, -0.1) is 0 Å². The molecule has 1 aromatic carbocycles. The maximum Gasteiger partial charge on any atom is 0.342 e. The first-order valence-corrected chi connectivity index (χ1v) is 4.67. The summed E-state index contributed by atoms with van der Waals surface area (Å²) in [6.45, 7) is 1.82. The first kappa shape index (κ1) is 10.6. The molecular formula is C11H8F2O3. The molecule has 2 aromatic rings. The number of hydrogen-bond acceptors (Lipinski definition) is 3. The molecule has 1 heterocycles. The predicted octanol–water partition coefficient (Wildman–Crippen LogP) is 2.89. The van der Waals surface area contributed by atoms with E-state index in [1.807, 2.05) is 0 Å². The van der Waals surface area contributed by atoms with E-state index in [0.29, 0.717) is 6.07 Å². The Morgan fingerprint density at radius 3 is 2.88 bits per heavy atom. The molecule has 0 atom stereocenters. The van der Waals surface area contributed by atoms with Crippen molar-refractivity contribution in [2.45, 2.75) is 6.92 Å². The number of rotatable bonds is 2. The van der Waals surface area contributed by atoms with Crippen LogP contribution in [0.4, 0.5) is 8.78 Å². The summed E-state index contributed by atoms with van der Waals surface area (Å²) in [7, 11) is 0. The van der Waals surface area contributed by atoms with Crippen LogP contribution in [-0.2, 0) is 4.74 Å². The average Bonchev–Trinajstić information content (AvgIpc) is 2.61. The lowest BCUT2D eigenvalue weighted by molar-refractivity contribution is 0.0527. The number of furan rings is 1. The average molecular weight is 226 g/mol. The van der Waals surface area contributed by atoms with E-state index in [2.05, 4.69) is 0 Å². The van der Waals surface area contributed by atoms with Gasteiger partial charge in [-0.2, -0.15) is 0 Å². The van der Waals surface area contributed by atoms with Crippen molar-refractivity contribution in [3.05, 3.63) is 35.6 Å². The molecule has 2 rings (SSSR count). The van der Waals surface area contributed by atoms with Crippen LogP contribution in [0.1, 0.15) is 17.3 Å². The lowest BCUT2D eigenvalue weighted by Crippen LogP contribution is -2.03. The summed E-state index contributed by atoms with van der Waals surface area (Å²) < 4.78 is 35.8. The molecule has 0 radical (unpaired) electrons. The minimum absolute atomic E-state index is 0.0234. The fraction of sp³-hybridized carbons (Fsp3) is 0.182. The Morgan fingerprint density at radius 2 is 2.19 bits per heavy atom. The number of ether oxygens (including phenoxy) is 1. The molecule has 0 saturated carbocycles. The molecule has 0 bridgehead atoms. The summed E-state index contributed by atoms with van der Waals surface area (Å²) in [6.07, 6.45) is 1.06. The zero-order valence-corrected chi connectivity index (χ0v) is 8.42. The number of carbonyl (C=O) groups is 1. The van der Waals surface area contributed by atoms with Gasteiger partial charge in [0, 0.05) is 11.5 Å². The Bertz CT molecular complexity index is 545. The largest absolute Gasteiger partial charge is 0.462 e. The maximum absolute atomic E-state index is 13.2. The number of hydrogen-bond donors (Lipinski definition) is 0. The van der Waals surface area contributed by atoms with Crippen molar-refractivity contribution in [2.24, 2.45) is 0 Å². The number of benzene rings is 1. The van der Waals surface area contributed by atoms with Gasteiger partial charge in [-0.05, 0) is 13.0 Å². The van der Waals surface area contributed by atoms with E-state index in [9.17, 15) is 13.6 Å². The molecule has 0 spiro atoms. The van der Waals surface area contributed by atoms with Crippen molar-refractivity contribution in [3.8, 4) is 0 Å². The molecule has 0 aliphatic heterocycles. The molecule has 16 heavy (non-hydrogen) atoms. The zero-order valence-electron chi connectivity index (χ0n) is 8.42. The van der Waals surface area contributed by atoms with Crippen molar-refractivity contribution in [2.75, 3.05) is 6.61 Å². The van der Waals surface area contributed by atoms with Crippen molar-refractivity contribution < 1.29 is 22.7 Å². The Kier molecular flexibility index (Phi) is 2.60. The Morgan fingerprint density at radius 1 is 1.44 bits per heavy atom. The second-order valence-electron chi connectivity index (χ2n) is 3.13. The zero-order chi connectivity index (χ0) is 11.7. The third kappa shape index (κ3) is 1.64. The number of fused-ring (bicyclic) bond motifs is 1. The monoisotopic (exact) mass is 226 g/mol. The topological polar surface area (TPSA) is 39.4 Å². The second-order valence-corrected chi connectivity index (χ2v) is 3.13. The van der Waals surface area contributed by atoms with Crippen molar-refractivity contribution in [3.63, 3.8) is 0 Å². The van der Waals surface area contributed by atoms with Gasteiger partial charge in [0.05, 0.1) is 6.61 Å². The van der Waals surface area contributed by atoms with E-state index >= 15 is 0 Å². The highest BCUT2D eigenvalue weighted by Crippen LogP contribution is 2.25. The van der Waals surface area contributed by atoms with Gasteiger partial charge < -0.3 is 9.15 Å². The van der Waals surface area contributed by atoms with Crippen LogP contribution in [0.3, 0.4) is 0 Å². The van der Waals surface area contributed by atoms with Crippen LogP contribution in [0.15, 0.2) is 22.8 Å². The minimum Gasteiger partial charge on any atom is -0.462 e. The van der Waals surface area contributed by atoms with Gasteiger partial charge in [0.15, 0.2) is 11.4 Å². The molecular weight excluding hydrogens is 218 g/mol. The van der Waals surface area contributed by atoms with Gasteiger partial charge in [0.2, 0.25) is 0 Å². The highest BCUT2D eigenvalue weighted by atomic mass is 19.1. The summed E-state index contributed by atoms with van der Waals surface area (Å²) in [5.74, 6) is -2.27. The summed E-state index contributed by atoms with van der Waals surface area (Å²) in [4.78, 5) is 11.4. The second kappa shape index (κ2) is 3.92. The smallest absolute Gasteiger partial charge is 0.342 e. The van der Waals surface area contributed by atoms with Crippen LogP contribution in [0.25, 0.3) is 11.0 Å². The van der Waals surface area contributed by atoms with Gasteiger partial charge in [0.25, 0.3) is 0 Å². The fourth-order valence-electron chi connectivity index (χ4n) is 1.43. The van der Waals surface area contributed by atoms with E-state index in [1.165, 1.54) is 0 Å². The summed E-state index contributed by atoms with van der Waals surface area (Å²) in [5, 5.41) is 0.0796. The third-order valence-corrected chi connectivity index (χ3v) is 2.09. The summed E-state index contributed by atoms with van der Waals surface area (Å²) >= 11 is 0. The third-order valence-electron chi connectivity index (χ3n) is 2.09. The van der Waals surface area contributed by atoms with E-state index in [1.54, 1.807) is 6.92 Å².